The number of fused-ring (bicyclic) bond motifs is 1. The van der Waals surface area contributed by atoms with Gasteiger partial charge < -0.3 is 10.5 Å². The first kappa shape index (κ1) is 16.4. The third kappa shape index (κ3) is 2.87. The third-order valence-corrected chi connectivity index (χ3v) is 6.78. The van der Waals surface area contributed by atoms with E-state index in [4.69, 9.17) is 33.7 Å². The quantitative estimate of drug-likeness (QED) is 0.868. The Bertz CT molecular complexity index is 882. The molecule has 2 heterocycles. The monoisotopic (exact) mass is 392 g/mol. The minimum atomic E-state index is -4.01. The Morgan fingerprint density at radius 3 is 2.65 bits per heavy atom. The fraction of sp³-hybridized carbons (Fsp3) is 0.154. The van der Waals surface area contributed by atoms with Gasteiger partial charge in [0.25, 0.3) is 15.9 Å². The highest BCUT2D eigenvalue weighted by Gasteiger charge is 2.38. The molecule has 0 saturated heterocycles. The first-order chi connectivity index (χ1) is 10.8. The van der Waals surface area contributed by atoms with E-state index < -0.39 is 22.0 Å². The maximum absolute atomic E-state index is 12.9. The van der Waals surface area contributed by atoms with E-state index in [1.54, 1.807) is 24.3 Å². The lowest BCUT2D eigenvalue weighted by Crippen LogP contribution is -2.49. The number of anilines is 1. The number of para-hydroxylation sites is 2. The van der Waals surface area contributed by atoms with E-state index in [0.29, 0.717) is 5.69 Å². The highest BCUT2D eigenvalue weighted by atomic mass is 35.5. The second-order valence-electron chi connectivity index (χ2n) is 4.70. The molecule has 1 amide bonds. The zero-order valence-corrected chi connectivity index (χ0v) is 14.5. The van der Waals surface area contributed by atoms with Crippen LogP contribution in [0.4, 0.5) is 5.69 Å². The number of nitrogens with zero attached hydrogens (tertiary/aromatic N) is 1. The molecule has 0 saturated carbocycles. The number of amides is 1. The van der Waals surface area contributed by atoms with Gasteiger partial charge in [-0.2, -0.15) is 0 Å². The molecule has 0 radical (unpaired) electrons. The van der Waals surface area contributed by atoms with E-state index in [9.17, 15) is 13.2 Å². The van der Waals surface area contributed by atoms with Gasteiger partial charge in [0.1, 0.15) is 15.0 Å². The van der Waals surface area contributed by atoms with Gasteiger partial charge in [-0.15, -0.1) is 11.3 Å². The molecule has 6 nitrogen and oxygen atoms in total. The lowest BCUT2D eigenvalue weighted by atomic mass is 10.2. The number of benzene rings is 1. The van der Waals surface area contributed by atoms with E-state index in [1.165, 1.54) is 6.07 Å². The van der Waals surface area contributed by atoms with Crippen molar-refractivity contribution in [2.45, 2.75) is 11.0 Å². The molecule has 1 atom stereocenters. The van der Waals surface area contributed by atoms with E-state index in [2.05, 4.69) is 0 Å². The highest BCUT2D eigenvalue weighted by molar-refractivity contribution is 7.93. The van der Waals surface area contributed by atoms with Gasteiger partial charge in [-0.3, -0.25) is 9.10 Å². The van der Waals surface area contributed by atoms with Gasteiger partial charge >= 0.3 is 0 Å². The number of hydrogen-bond acceptors (Lipinski definition) is 5. The van der Waals surface area contributed by atoms with Crippen molar-refractivity contribution in [2.75, 3.05) is 10.8 Å². The number of halogens is 2. The van der Waals surface area contributed by atoms with Gasteiger partial charge in [-0.1, -0.05) is 35.3 Å². The predicted molar refractivity (Wildman–Crippen MR) is 88.9 cm³/mol. The number of rotatable bonds is 3. The molecule has 0 aliphatic carbocycles. The van der Waals surface area contributed by atoms with Crippen molar-refractivity contribution in [2.24, 2.45) is 5.73 Å². The summed E-state index contributed by atoms with van der Waals surface area (Å²) < 4.78 is 32.7. The maximum atomic E-state index is 12.9. The van der Waals surface area contributed by atoms with Crippen molar-refractivity contribution in [3.8, 4) is 5.75 Å². The standard InChI is InChI=1S/C13H10Cl2N2O4S2/c14-11-5-10(12(15)22-11)23(19,20)17-6-9(13(16)18)21-8-4-2-1-3-7(8)17/h1-5,9H,6H2,(H2,16,18). The summed E-state index contributed by atoms with van der Waals surface area (Å²) in [5.74, 6) is -0.502. The van der Waals surface area contributed by atoms with Crippen LogP contribution in [0.15, 0.2) is 35.2 Å². The zero-order valence-electron chi connectivity index (χ0n) is 11.4. The number of carbonyl (C=O) groups excluding carboxylic acids is 1. The minimum absolute atomic E-state index is 0.0506. The molecule has 1 aliphatic rings. The Morgan fingerprint density at radius 2 is 2.04 bits per heavy atom. The average molecular weight is 393 g/mol. The lowest BCUT2D eigenvalue weighted by Gasteiger charge is -2.33. The number of sulfonamides is 1. The third-order valence-electron chi connectivity index (χ3n) is 3.25. The molecule has 2 N–H and O–H groups in total. The van der Waals surface area contributed by atoms with Crippen molar-refractivity contribution in [1.29, 1.82) is 0 Å². The van der Waals surface area contributed by atoms with E-state index >= 15 is 0 Å². The summed E-state index contributed by atoms with van der Waals surface area (Å²) in [4.78, 5) is 11.4. The maximum Gasteiger partial charge on any atom is 0.266 e. The summed E-state index contributed by atoms with van der Waals surface area (Å²) in [6.45, 7) is -0.238. The largest absolute Gasteiger partial charge is 0.476 e. The molecular weight excluding hydrogens is 383 g/mol. The summed E-state index contributed by atoms with van der Waals surface area (Å²) in [6, 6.07) is 7.75. The Labute approximate surface area is 146 Å². The van der Waals surface area contributed by atoms with Crippen LogP contribution in [0.25, 0.3) is 0 Å². The van der Waals surface area contributed by atoms with Crippen LogP contribution in [-0.4, -0.2) is 27.0 Å². The second kappa shape index (κ2) is 5.86. The van der Waals surface area contributed by atoms with Crippen LogP contribution in [0.2, 0.25) is 8.67 Å². The summed E-state index contributed by atoms with van der Waals surface area (Å²) in [5.41, 5.74) is 5.58. The summed E-state index contributed by atoms with van der Waals surface area (Å²) in [6.07, 6.45) is -1.09. The molecule has 0 bridgehead atoms. The van der Waals surface area contributed by atoms with Crippen LogP contribution in [0, 0.1) is 0 Å². The van der Waals surface area contributed by atoms with Gasteiger partial charge in [-0.25, -0.2) is 8.42 Å². The summed E-state index contributed by atoms with van der Waals surface area (Å²) in [5, 5.41) is 0. The topological polar surface area (TPSA) is 89.7 Å². The first-order valence-electron chi connectivity index (χ1n) is 6.33. The normalized spacial score (nSPS) is 17.5. The number of hydrogen-bond donors (Lipinski definition) is 1. The van der Waals surface area contributed by atoms with Crippen molar-refractivity contribution in [1.82, 2.24) is 0 Å². The number of ether oxygens (including phenoxy) is 1. The van der Waals surface area contributed by atoms with Crippen LogP contribution >= 0.6 is 34.5 Å². The number of thiophene rings is 1. The summed E-state index contributed by atoms with van der Waals surface area (Å²) in [7, 11) is -4.01. The predicted octanol–water partition coefficient (Wildman–Crippen LogP) is 2.50. The molecule has 0 fully saturated rings. The molecule has 3 rings (SSSR count). The average Bonchev–Trinajstić information content (AvgIpc) is 2.85. The number of carbonyl (C=O) groups is 1. The lowest BCUT2D eigenvalue weighted by molar-refractivity contribution is -0.124. The molecule has 1 aromatic carbocycles. The Hall–Kier alpha value is -1.48. The fourth-order valence-corrected chi connectivity index (χ4v) is 5.79. The molecule has 10 heteroatoms. The number of primary amides is 1. The van der Waals surface area contributed by atoms with Gasteiger partial charge in [0.05, 0.1) is 16.6 Å². The molecule has 2 aromatic rings. The molecule has 1 aromatic heterocycles. The van der Waals surface area contributed by atoms with E-state index in [1.807, 2.05) is 0 Å². The van der Waals surface area contributed by atoms with Crippen molar-refractivity contribution >= 4 is 56.2 Å². The van der Waals surface area contributed by atoms with Crippen LogP contribution in [-0.2, 0) is 14.8 Å². The van der Waals surface area contributed by atoms with Gasteiger partial charge in [-0.05, 0) is 18.2 Å². The summed E-state index contributed by atoms with van der Waals surface area (Å²) >= 11 is 12.8. The molecule has 1 unspecified atom stereocenters. The Kier molecular flexibility index (Phi) is 4.18. The SMILES string of the molecule is NC(=O)C1CN(S(=O)(=O)c2cc(Cl)sc2Cl)c2ccccc2O1. The number of nitrogens with two attached hydrogens (primary N) is 1. The Balaban J connectivity index is 2.14. The van der Waals surface area contributed by atoms with Gasteiger partial charge in [0.2, 0.25) is 0 Å². The van der Waals surface area contributed by atoms with Crippen LogP contribution < -0.4 is 14.8 Å². The van der Waals surface area contributed by atoms with Crippen LogP contribution in [0.5, 0.6) is 5.75 Å². The van der Waals surface area contributed by atoms with Crippen LogP contribution in [0.1, 0.15) is 0 Å². The molecular formula is C13H10Cl2N2O4S2. The Morgan fingerprint density at radius 1 is 1.35 bits per heavy atom. The highest BCUT2D eigenvalue weighted by Crippen LogP contribution is 2.41. The molecule has 0 spiro atoms. The molecule has 1 aliphatic heterocycles. The molecule has 122 valence electrons. The van der Waals surface area contributed by atoms with Gasteiger partial charge in [0, 0.05) is 0 Å². The van der Waals surface area contributed by atoms with Crippen molar-refractivity contribution in [3.05, 3.63) is 39.0 Å². The smallest absolute Gasteiger partial charge is 0.266 e. The zero-order chi connectivity index (χ0) is 16.8. The van der Waals surface area contributed by atoms with Crippen molar-refractivity contribution in [3.63, 3.8) is 0 Å². The first-order valence-corrected chi connectivity index (χ1v) is 9.34. The second-order valence-corrected chi connectivity index (χ2v) is 8.82. The van der Waals surface area contributed by atoms with E-state index in [0.717, 1.165) is 15.6 Å². The fourth-order valence-electron chi connectivity index (χ4n) is 2.20. The van der Waals surface area contributed by atoms with Gasteiger partial charge in [0.15, 0.2) is 6.10 Å². The minimum Gasteiger partial charge on any atom is -0.476 e. The van der Waals surface area contributed by atoms with Crippen molar-refractivity contribution < 1.29 is 17.9 Å². The molecule has 23 heavy (non-hydrogen) atoms. The van der Waals surface area contributed by atoms with Crippen LogP contribution in [0.3, 0.4) is 0 Å². The van der Waals surface area contributed by atoms with E-state index in [-0.39, 0.29) is 25.9 Å².